The van der Waals surface area contributed by atoms with Crippen molar-refractivity contribution in [3.05, 3.63) is 40.5 Å². The molecule has 6 heteroatoms. The van der Waals surface area contributed by atoms with Crippen LogP contribution in [0.1, 0.15) is 16.1 Å². The van der Waals surface area contributed by atoms with E-state index in [1.165, 1.54) is 0 Å². The normalized spacial score (nSPS) is 25.6. The molecule has 4 rings (SSSR count). The summed E-state index contributed by atoms with van der Waals surface area (Å²) in [4.78, 5) is 19.7. The maximum Gasteiger partial charge on any atom is 0.254 e. The Bertz CT molecular complexity index is 841. The lowest BCUT2D eigenvalue weighted by molar-refractivity contribution is 0.0489. The Balaban J connectivity index is 1.70. The predicted molar refractivity (Wildman–Crippen MR) is 96.0 cm³/mol. The van der Waals surface area contributed by atoms with Gasteiger partial charge >= 0.3 is 0 Å². The minimum atomic E-state index is -0.0834. The highest BCUT2D eigenvalue weighted by Crippen LogP contribution is 2.42. The molecule has 2 aliphatic rings. The van der Waals surface area contributed by atoms with E-state index in [4.69, 9.17) is 21.1 Å². The van der Waals surface area contributed by atoms with Gasteiger partial charge in [0.05, 0.1) is 30.9 Å². The van der Waals surface area contributed by atoms with Crippen LogP contribution in [-0.2, 0) is 9.47 Å². The monoisotopic (exact) mass is 360 g/mol. The second-order valence-electron chi connectivity index (χ2n) is 7.17. The van der Waals surface area contributed by atoms with E-state index in [1.807, 2.05) is 30.0 Å². The quantitative estimate of drug-likeness (QED) is 0.844. The average Bonchev–Trinajstić information content (AvgIpc) is 3.11. The average molecular weight is 361 g/mol. The zero-order valence-corrected chi connectivity index (χ0v) is 15.2. The van der Waals surface area contributed by atoms with Gasteiger partial charge in [-0.2, -0.15) is 0 Å². The van der Waals surface area contributed by atoms with Gasteiger partial charge in [0.15, 0.2) is 0 Å². The molecule has 2 fully saturated rings. The number of carbonyl (C=O) groups is 1. The molecule has 2 aromatic rings. The van der Waals surface area contributed by atoms with Gasteiger partial charge in [-0.25, -0.2) is 0 Å². The Morgan fingerprint density at radius 1 is 1.48 bits per heavy atom. The molecule has 25 heavy (non-hydrogen) atoms. The highest BCUT2D eigenvalue weighted by molar-refractivity contribution is 6.31. The van der Waals surface area contributed by atoms with E-state index in [0.717, 1.165) is 16.6 Å². The maximum absolute atomic E-state index is 13.3. The van der Waals surface area contributed by atoms with Gasteiger partial charge in [0.1, 0.15) is 0 Å². The molecule has 1 aromatic heterocycles. The molecule has 0 saturated carbocycles. The van der Waals surface area contributed by atoms with Crippen molar-refractivity contribution in [3.8, 4) is 0 Å². The molecule has 3 heterocycles. The van der Waals surface area contributed by atoms with Crippen molar-refractivity contribution in [2.45, 2.75) is 6.92 Å². The van der Waals surface area contributed by atoms with Crippen LogP contribution in [0.25, 0.3) is 10.9 Å². The molecule has 0 aliphatic carbocycles. The van der Waals surface area contributed by atoms with E-state index in [0.29, 0.717) is 49.4 Å². The van der Waals surface area contributed by atoms with Crippen LogP contribution in [0, 0.1) is 18.3 Å². The largest absolute Gasteiger partial charge is 0.384 e. The molecular formula is C19H21ClN2O3. The molecule has 1 aromatic carbocycles. The van der Waals surface area contributed by atoms with Crippen molar-refractivity contribution >= 4 is 28.4 Å². The molecule has 0 spiro atoms. The summed E-state index contributed by atoms with van der Waals surface area (Å²) in [5, 5.41) is 1.41. The van der Waals surface area contributed by atoms with Crippen LogP contribution in [0.4, 0.5) is 0 Å². The number of fused-ring (bicyclic) bond motifs is 2. The number of hydrogen-bond donors (Lipinski definition) is 0. The summed E-state index contributed by atoms with van der Waals surface area (Å²) in [7, 11) is 1.70. The van der Waals surface area contributed by atoms with E-state index in [9.17, 15) is 4.79 Å². The van der Waals surface area contributed by atoms with Gasteiger partial charge in [-0.3, -0.25) is 9.78 Å². The minimum Gasteiger partial charge on any atom is -0.384 e. The lowest BCUT2D eigenvalue weighted by Gasteiger charge is -2.26. The van der Waals surface area contributed by atoms with Crippen LogP contribution >= 0.6 is 11.6 Å². The minimum absolute atomic E-state index is 0.0302. The van der Waals surface area contributed by atoms with Crippen LogP contribution in [0.2, 0.25) is 5.02 Å². The molecular weight excluding hydrogens is 340 g/mol. The molecule has 0 N–H and O–H groups in total. The van der Waals surface area contributed by atoms with Crippen molar-refractivity contribution in [3.63, 3.8) is 0 Å². The van der Waals surface area contributed by atoms with Gasteiger partial charge in [0, 0.05) is 47.6 Å². The summed E-state index contributed by atoms with van der Waals surface area (Å²) in [6.45, 7) is 5.22. The SMILES string of the molecule is COC[C@@]12COC[C@@H]1CN(C(=O)c1cc(C)nc3ccc(Cl)cc13)C2. The van der Waals surface area contributed by atoms with E-state index in [-0.39, 0.29) is 11.3 Å². The summed E-state index contributed by atoms with van der Waals surface area (Å²) in [5.41, 5.74) is 2.20. The smallest absolute Gasteiger partial charge is 0.254 e. The summed E-state index contributed by atoms with van der Waals surface area (Å²) < 4.78 is 11.1. The number of benzene rings is 1. The van der Waals surface area contributed by atoms with E-state index in [1.54, 1.807) is 13.2 Å². The van der Waals surface area contributed by atoms with Crippen LogP contribution in [-0.4, -0.2) is 55.8 Å². The number of methoxy groups -OCH3 is 1. The Labute approximate surface area is 151 Å². The van der Waals surface area contributed by atoms with Crippen molar-refractivity contribution in [1.82, 2.24) is 9.88 Å². The Hall–Kier alpha value is -1.69. The molecule has 2 saturated heterocycles. The highest BCUT2D eigenvalue weighted by Gasteiger charge is 2.52. The Kier molecular flexibility index (Phi) is 4.18. The fourth-order valence-electron chi connectivity index (χ4n) is 4.16. The van der Waals surface area contributed by atoms with Crippen molar-refractivity contribution in [1.29, 1.82) is 0 Å². The summed E-state index contributed by atoms with van der Waals surface area (Å²) >= 11 is 6.15. The lowest BCUT2D eigenvalue weighted by atomic mass is 9.82. The van der Waals surface area contributed by atoms with Crippen LogP contribution in [0.15, 0.2) is 24.3 Å². The van der Waals surface area contributed by atoms with Crippen LogP contribution < -0.4 is 0 Å². The number of halogens is 1. The van der Waals surface area contributed by atoms with Gasteiger partial charge in [0.2, 0.25) is 0 Å². The third-order valence-electron chi connectivity index (χ3n) is 5.37. The fraction of sp³-hybridized carbons (Fsp3) is 0.474. The summed E-state index contributed by atoms with van der Waals surface area (Å²) in [6, 6.07) is 7.34. The first-order valence-electron chi connectivity index (χ1n) is 8.45. The second kappa shape index (κ2) is 6.24. The van der Waals surface area contributed by atoms with Crippen molar-refractivity contribution in [2.75, 3.05) is 40.0 Å². The first kappa shape index (κ1) is 16.8. The number of aryl methyl sites for hydroxylation is 1. The number of pyridine rings is 1. The van der Waals surface area contributed by atoms with Gasteiger partial charge in [-0.1, -0.05) is 11.6 Å². The molecule has 2 aliphatic heterocycles. The zero-order chi connectivity index (χ0) is 17.6. The molecule has 132 valence electrons. The van der Waals surface area contributed by atoms with Gasteiger partial charge < -0.3 is 14.4 Å². The predicted octanol–water partition coefficient (Wildman–Crippen LogP) is 2.93. The van der Waals surface area contributed by atoms with E-state index in [2.05, 4.69) is 4.98 Å². The number of carbonyl (C=O) groups excluding carboxylic acids is 1. The molecule has 2 atom stereocenters. The van der Waals surface area contributed by atoms with Gasteiger partial charge in [-0.05, 0) is 31.2 Å². The number of nitrogens with zero attached hydrogens (tertiary/aromatic N) is 2. The van der Waals surface area contributed by atoms with Gasteiger partial charge in [-0.15, -0.1) is 0 Å². The molecule has 0 unspecified atom stereocenters. The van der Waals surface area contributed by atoms with Crippen LogP contribution in [0.3, 0.4) is 0 Å². The van der Waals surface area contributed by atoms with Gasteiger partial charge in [0.25, 0.3) is 5.91 Å². The second-order valence-corrected chi connectivity index (χ2v) is 7.60. The third kappa shape index (κ3) is 2.80. The number of ether oxygens (including phenoxy) is 2. The first-order valence-corrected chi connectivity index (χ1v) is 8.83. The Morgan fingerprint density at radius 2 is 2.32 bits per heavy atom. The van der Waals surface area contributed by atoms with Crippen LogP contribution in [0.5, 0.6) is 0 Å². The molecule has 0 radical (unpaired) electrons. The number of amides is 1. The number of hydrogen-bond acceptors (Lipinski definition) is 4. The third-order valence-corrected chi connectivity index (χ3v) is 5.60. The number of likely N-dealkylation sites (tertiary alicyclic amines) is 1. The summed E-state index contributed by atoms with van der Waals surface area (Å²) in [5.74, 6) is 0.358. The van der Waals surface area contributed by atoms with E-state index < -0.39 is 0 Å². The topological polar surface area (TPSA) is 51.7 Å². The number of rotatable bonds is 3. The standard InChI is InChI=1S/C19H21ClN2O3/c1-12-5-16(15-6-14(20)3-4-17(15)21-12)18(23)22-7-13-8-25-11-19(13,9-22)10-24-2/h3-6,13H,7-11H2,1-2H3/t13-,19-/m0/s1. The zero-order valence-electron chi connectivity index (χ0n) is 14.4. The lowest BCUT2D eigenvalue weighted by Crippen LogP contribution is -2.37. The maximum atomic E-state index is 13.3. The molecule has 1 amide bonds. The first-order chi connectivity index (χ1) is 12.0. The molecule has 0 bridgehead atoms. The fourth-order valence-corrected chi connectivity index (χ4v) is 4.33. The molecule has 5 nitrogen and oxygen atoms in total. The Morgan fingerprint density at radius 3 is 3.12 bits per heavy atom. The van der Waals surface area contributed by atoms with Crippen molar-refractivity contribution in [2.24, 2.45) is 11.3 Å². The van der Waals surface area contributed by atoms with E-state index >= 15 is 0 Å². The summed E-state index contributed by atoms with van der Waals surface area (Å²) in [6.07, 6.45) is 0. The number of aromatic nitrogens is 1. The van der Waals surface area contributed by atoms with Crippen molar-refractivity contribution < 1.29 is 14.3 Å². The highest BCUT2D eigenvalue weighted by atomic mass is 35.5.